The highest BCUT2D eigenvalue weighted by atomic mass is 16.6. The summed E-state index contributed by atoms with van der Waals surface area (Å²) in [5, 5.41) is 9.64. The van der Waals surface area contributed by atoms with Gasteiger partial charge in [0.25, 0.3) is 0 Å². The number of esters is 2. The Balaban J connectivity index is 3.48. The quantitative estimate of drug-likeness (QED) is 0.0374. The van der Waals surface area contributed by atoms with E-state index in [-0.39, 0.29) is 25.2 Å². The summed E-state index contributed by atoms with van der Waals surface area (Å²) < 4.78 is 10.7. The molecule has 1 atom stereocenters. The molecule has 0 aromatic carbocycles. The van der Waals surface area contributed by atoms with Crippen molar-refractivity contribution >= 4 is 11.9 Å². The number of aliphatic hydroxyl groups is 1. The minimum Gasteiger partial charge on any atom is -0.462 e. The summed E-state index contributed by atoms with van der Waals surface area (Å²) in [6, 6.07) is 0. The highest BCUT2D eigenvalue weighted by molar-refractivity contribution is 5.70. The molecule has 0 spiro atoms. The molecule has 0 saturated heterocycles. The maximum Gasteiger partial charge on any atom is 0.306 e. The first-order valence-corrected chi connectivity index (χ1v) is 27.5. The molecular weight excluding hydrogens is 789 g/mol. The van der Waals surface area contributed by atoms with E-state index in [0.717, 1.165) is 70.6 Å². The lowest BCUT2D eigenvalue weighted by Crippen LogP contribution is -2.28. The zero-order valence-electron chi connectivity index (χ0n) is 42.3. The molecule has 0 saturated carbocycles. The third-order valence-corrected chi connectivity index (χ3v) is 12.0. The van der Waals surface area contributed by atoms with Gasteiger partial charge in [0.15, 0.2) is 6.10 Å². The smallest absolute Gasteiger partial charge is 0.306 e. The van der Waals surface area contributed by atoms with Crippen molar-refractivity contribution in [3.05, 3.63) is 72.9 Å². The molecule has 1 unspecified atom stereocenters. The van der Waals surface area contributed by atoms with Gasteiger partial charge in [-0.3, -0.25) is 9.59 Å². The van der Waals surface area contributed by atoms with Gasteiger partial charge >= 0.3 is 11.9 Å². The Labute approximate surface area is 397 Å². The molecule has 0 aromatic heterocycles. The lowest BCUT2D eigenvalue weighted by Gasteiger charge is -2.15. The van der Waals surface area contributed by atoms with Gasteiger partial charge in [0, 0.05) is 12.8 Å². The van der Waals surface area contributed by atoms with E-state index in [9.17, 15) is 14.7 Å². The van der Waals surface area contributed by atoms with Crippen LogP contribution >= 0.6 is 0 Å². The molecule has 0 rings (SSSR count). The number of unbranched alkanes of at least 4 members (excludes halogenated alkanes) is 30. The highest BCUT2D eigenvalue weighted by Crippen LogP contribution is 2.16. The molecule has 0 amide bonds. The van der Waals surface area contributed by atoms with Gasteiger partial charge in [-0.1, -0.05) is 247 Å². The fourth-order valence-corrected chi connectivity index (χ4v) is 7.87. The maximum absolute atomic E-state index is 12.3. The molecule has 5 heteroatoms. The first-order valence-electron chi connectivity index (χ1n) is 27.5. The Morgan fingerprint density at radius 1 is 0.375 bits per heavy atom. The minimum absolute atomic E-state index is 0.0665. The van der Waals surface area contributed by atoms with Crippen LogP contribution < -0.4 is 0 Å². The van der Waals surface area contributed by atoms with E-state index in [0.29, 0.717) is 12.8 Å². The first kappa shape index (κ1) is 61.3. The van der Waals surface area contributed by atoms with Gasteiger partial charge in [0.2, 0.25) is 0 Å². The third kappa shape index (κ3) is 52.0. The van der Waals surface area contributed by atoms with Gasteiger partial charge in [0.05, 0.1) is 6.61 Å². The maximum atomic E-state index is 12.3. The lowest BCUT2D eigenvalue weighted by molar-refractivity contribution is -0.161. The lowest BCUT2D eigenvalue weighted by atomic mass is 10.0. The average Bonchev–Trinajstić information content (AvgIpc) is 3.30. The Bertz CT molecular complexity index is 1150. The monoisotopic (exact) mass is 893 g/mol. The molecule has 0 aliphatic rings. The van der Waals surface area contributed by atoms with Crippen molar-refractivity contribution < 1.29 is 24.2 Å². The summed E-state index contributed by atoms with van der Waals surface area (Å²) >= 11 is 0. The van der Waals surface area contributed by atoms with Crippen molar-refractivity contribution in [2.75, 3.05) is 13.2 Å². The molecule has 0 fully saturated rings. The first-order chi connectivity index (χ1) is 31.6. The summed E-state index contributed by atoms with van der Waals surface area (Å²) in [5.74, 6) is -0.586. The molecule has 0 aliphatic carbocycles. The molecule has 0 aromatic rings. The molecule has 0 aliphatic heterocycles. The van der Waals surface area contributed by atoms with Crippen molar-refractivity contribution in [3.8, 4) is 0 Å². The van der Waals surface area contributed by atoms with Crippen LogP contribution in [0.3, 0.4) is 0 Å². The van der Waals surface area contributed by atoms with Crippen molar-refractivity contribution in [1.29, 1.82) is 0 Å². The predicted molar refractivity (Wildman–Crippen MR) is 279 cm³/mol. The fourth-order valence-electron chi connectivity index (χ4n) is 7.87. The van der Waals surface area contributed by atoms with Crippen molar-refractivity contribution in [2.45, 2.75) is 277 Å². The van der Waals surface area contributed by atoms with Gasteiger partial charge in [-0.05, 0) is 83.5 Å². The standard InChI is InChI=1S/C59H104O5/c1-3-5-7-9-11-13-15-17-19-21-23-24-25-26-27-28-29-30-31-32-33-34-36-38-40-42-44-46-48-50-52-54-59(62)64-57(55-60)56-63-58(61)53-51-49-47-45-43-41-39-37-35-22-20-18-16-14-12-10-8-6-4-2/h5,7,11,13,17-20,23-24,26-27,57,60H,3-4,6,8-10,12,14-16,21-22,25,28-56H2,1-2H3/b7-5-,13-11-,19-17-,20-18-,24-23-,27-26-. The zero-order valence-corrected chi connectivity index (χ0v) is 42.3. The van der Waals surface area contributed by atoms with Gasteiger partial charge in [-0.15, -0.1) is 0 Å². The number of allylic oxidation sites excluding steroid dienone is 12. The number of ether oxygens (including phenoxy) is 2. The second-order valence-corrected chi connectivity index (χ2v) is 18.3. The second-order valence-electron chi connectivity index (χ2n) is 18.3. The van der Waals surface area contributed by atoms with Crippen LogP contribution in [-0.4, -0.2) is 36.4 Å². The predicted octanol–water partition coefficient (Wildman–Crippen LogP) is 18.4. The summed E-state index contributed by atoms with van der Waals surface area (Å²) in [7, 11) is 0. The van der Waals surface area contributed by atoms with Crippen LogP contribution in [0.2, 0.25) is 0 Å². The fraction of sp³-hybridized carbons (Fsp3) is 0.763. The van der Waals surface area contributed by atoms with Crippen molar-refractivity contribution in [1.82, 2.24) is 0 Å². The number of hydrogen-bond acceptors (Lipinski definition) is 5. The van der Waals surface area contributed by atoms with Crippen molar-refractivity contribution in [3.63, 3.8) is 0 Å². The Morgan fingerprint density at radius 3 is 1.03 bits per heavy atom. The van der Waals surface area contributed by atoms with Gasteiger partial charge in [-0.2, -0.15) is 0 Å². The summed E-state index contributed by atoms with van der Waals surface area (Å²) in [4.78, 5) is 24.5. The molecule has 0 radical (unpaired) electrons. The van der Waals surface area contributed by atoms with E-state index in [1.54, 1.807) is 0 Å². The van der Waals surface area contributed by atoms with Crippen LogP contribution in [0.4, 0.5) is 0 Å². The van der Waals surface area contributed by atoms with Crippen LogP contribution in [0, 0.1) is 0 Å². The molecule has 370 valence electrons. The normalized spacial score (nSPS) is 12.7. The molecule has 64 heavy (non-hydrogen) atoms. The molecule has 0 bridgehead atoms. The highest BCUT2D eigenvalue weighted by Gasteiger charge is 2.16. The van der Waals surface area contributed by atoms with Crippen LogP contribution in [0.15, 0.2) is 72.9 Å². The largest absolute Gasteiger partial charge is 0.462 e. The Kier molecular flexibility index (Phi) is 52.4. The van der Waals surface area contributed by atoms with Gasteiger partial charge in [0.1, 0.15) is 6.61 Å². The van der Waals surface area contributed by atoms with Crippen molar-refractivity contribution in [2.24, 2.45) is 0 Å². The van der Waals surface area contributed by atoms with Crippen LogP contribution in [0.1, 0.15) is 271 Å². The van der Waals surface area contributed by atoms with Crippen LogP contribution in [0.25, 0.3) is 0 Å². The van der Waals surface area contributed by atoms with E-state index in [4.69, 9.17) is 9.47 Å². The minimum atomic E-state index is -0.775. The molecular formula is C59H104O5. The van der Waals surface area contributed by atoms with E-state index < -0.39 is 6.10 Å². The van der Waals surface area contributed by atoms with Gasteiger partial charge < -0.3 is 14.6 Å². The van der Waals surface area contributed by atoms with E-state index in [2.05, 4.69) is 86.8 Å². The summed E-state index contributed by atoms with van der Waals surface area (Å²) in [5.41, 5.74) is 0. The van der Waals surface area contributed by atoms with E-state index >= 15 is 0 Å². The summed E-state index contributed by atoms with van der Waals surface area (Å²) in [6.07, 6.45) is 74.4. The second kappa shape index (κ2) is 54.7. The SMILES string of the molecule is CC/C=C\C/C=C\C/C=C\C/C=C\C/C=C\CCCCCCCCCCCCCCCCCC(=O)OC(CO)COC(=O)CCCCCCCCCCC/C=C\CCCCCCCC. The van der Waals surface area contributed by atoms with E-state index in [1.165, 1.54) is 173 Å². The molecule has 1 N–H and O–H groups in total. The number of aliphatic hydroxyl groups excluding tert-OH is 1. The molecule has 0 heterocycles. The summed E-state index contributed by atoms with van der Waals surface area (Å²) in [6.45, 7) is 4.04. The zero-order chi connectivity index (χ0) is 46.3. The Hall–Kier alpha value is -2.66. The number of hydrogen-bond donors (Lipinski definition) is 1. The third-order valence-electron chi connectivity index (χ3n) is 12.0. The number of carbonyl (C=O) groups is 2. The number of carbonyl (C=O) groups excluding carboxylic acids is 2. The van der Waals surface area contributed by atoms with E-state index in [1.807, 2.05) is 0 Å². The number of rotatable bonds is 50. The average molecular weight is 893 g/mol. The Morgan fingerprint density at radius 2 is 0.672 bits per heavy atom. The van der Waals surface area contributed by atoms with Crippen LogP contribution in [-0.2, 0) is 19.1 Å². The molecule has 5 nitrogen and oxygen atoms in total. The van der Waals surface area contributed by atoms with Crippen LogP contribution in [0.5, 0.6) is 0 Å². The topological polar surface area (TPSA) is 72.8 Å². The van der Waals surface area contributed by atoms with Gasteiger partial charge in [-0.25, -0.2) is 0 Å².